The van der Waals surface area contributed by atoms with Crippen LogP contribution in [-0.4, -0.2) is 38.7 Å². The summed E-state index contributed by atoms with van der Waals surface area (Å²) in [6.45, 7) is 1.83. The largest absolute Gasteiger partial charge is 0.478 e. The third-order valence-corrected chi connectivity index (χ3v) is 5.58. The van der Waals surface area contributed by atoms with E-state index in [1.165, 1.54) is 17.7 Å². The van der Waals surface area contributed by atoms with Crippen molar-refractivity contribution in [3.8, 4) is 0 Å². The van der Waals surface area contributed by atoms with Crippen LogP contribution in [0.4, 0.5) is 4.39 Å². The second kappa shape index (κ2) is 8.57. The summed E-state index contributed by atoms with van der Waals surface area (Å²) in [7, 11) is 0. The Morgan fingerprint density at radius 3 is 3.03 bits per heavy atom. The van der Waals surface area contributed by atoms with Gasteiger partial charge in [-0.1, -0.05) is 24.3 Å². The van der Waals surface area contributed by atoms with Gasteiger partial charge in [-0.2, -0.15) is 5.10 Å². The molecule has 3 aromatic rings. The molecule has 1 aliphatic rings. The third kappa shape index (κ3) is 4.38. The van der Waals surface area contributed by atoms with Crippen molar-refractivity contribution in [2.45, 2.75) is 31.7 Å². The van der Waals surface area contributed by atoms with Crippen LogP contribution in [0.2, 0.25) is 0 Å². The lowest BCUT2D eigenvalue weighted by atomic mass is 10.0. The van der Waals surface area contributed by atoms with Gasteiger partial charge < -0.3 is 5.11 Å². The number of aromatic nitrogens is 2. The van der Waals surface area contributed by atoms with E-state index >= 15 is 0 Å². The highest BCUT2D eigenvalue weighted by Crippen LogP contribution is 2.34. The van der Waals surface area contributed by atoms with Crippen LogP contribution < -0.4 is 0 Å². The summed E-state index contributed by atoms with van der Waals surface area (Å²) in [6, 6.07) is 11.4. The Balaban J connectivity index is 1.44. The van der Waals surface area contributed by atoms with Gasteiger partial charge in [-0.05, 0) is 61.6 Å². The molecule has 1 atom stereocenters. The molecule has 2 aromatic heterocycles. The lowest BCUT2D eigenvalue weighted by Gasteiger charge is -2.25. The van der Waals surface area contributed by atoms with E-state index in [1.807, 2.05) is 41.2 Å². The Kier molecular flexibility index (Phi) is 5.71. The molecule has 150 valence electrons. The molecule has 1 saturated heterocycles. The highest BCUT2D eigenvalue weighted by molar-refractivity contribution is 5.79. The van der Waals surface area contributed by atoms with Gasteiger partial charge in [-0.25, -0.2) is 13.7 Å². The second-order valence-electron chi connectivity index (χ2n) is 7.44. The molecule has 0 radical (unpaired) electrons. The maximum Gasteiger partial charge on any atom is 0.327 e. The Morgan fingerprint density at radius 1 is 1.31 bits per heavy atom. The van der Waals surface area contributed by atoms with Crippen LogP contribution in [0.1, 0.15) is 35.6 Å². The molecule has 1 aromatic carbocycles. The lowest BCUT2D eigenvalue weighted by Crippen LogP contribution is -2.26. The summed E-state index contributed by atoms with van der Waals surface area (Å²) >= 11 is 0. The molecule has 1 aliphatic heterocycles. The Bertz CT molecular complexity index is 1040. The van der Waals surface area contributed by atoms with E-state index < -0.39 is 5.97 Å². The van der Waals surface area contributed by atoms with E-state index in [0.717, 1.165) is 55.1 Å². The fourth-order valence-electron chi connectivity index (χ4n) is 4.15. The molecule has 0 aliphatic carbocycles. The molecular weight excluding hydrogens is 369 g/mol. The number of fused-ring (bicyclic) bond motifs is 1. The first-order valence-electron chi connectivity index (χ1n) is 9.95. The number of halogens is 1. The van der Waals surface area contributed by atoms with E-state index in [2.05, 4.69) is 16.1 Å². The molecule has 3 heterocycles. The van der Waals surface area contributed by atoms with Gasteiger partial charge in [0.05, 0.1) is 11.7 Å². The number of rotatable bonds is 7. The van der Waals surface area contributed by atoms with Crippen molar-refractivity contribution in [3.05, 3.63) is 83.5 Å². The average Bonchev–Trinajstić information content (AvgIpc) is 3.33. The smallest absolute Gasteiger partial charge is 0.327 e. The average molecular weight is 393 g/mol. The number of hydrogen-bond acceptors (Lipinski definition) is 3. The van der Waals surface area contributed by atoms with Crippen molar-refractivity contribution < 1.29 is 14.3 Å². The highest BCUT2D eigenvalue weighted by atomic mass is 19.1. The molecule has 0 bridgehead atoms. The first-order chi connectivity index (χ1) is 14.1. The number of carboxylic acid groups (broad SMARTS) is 1. The van der Waals surface area contributed by atoms with Crippen molar-refractivity contribution in [3.63, 3.8) is 0 Å². The van der Waals surface area contributed by atoms with E-state index in [0.29, 0.717) is 6.42 Å². The summed E-state index contributed by atoms with van der Waals surface area (Å²) in [5.74, 6) is -1.20. The van der Waals surface area contributed by atoms with Gasteiger partial charge >= 0.3 is 5.97 Å². The first kappa shape index (κ1) is 19.3. The third-order valence-electron chi connectivity index (χ3n) is 5.58. The number of carbonyl (C=O) groups is 1. The number of benzene rings is 1. The van der Waals surface area contributed by atoms with Gasteiger partial charge in [0.1, 0.15) is 5.82 Å². The lowest BCUT2D eigenvalue weighted by molar-refractivity contribution is -0.131. The molecule has 0 amide bonds. The fourth-order valence-corrected chi connectivity index (χ4v) is 4.15. The van der Waals surface area contributed by atoms with Crippen LogP contribution >= 0.6 is 0 Å². The highest BCUT2D eigenvalue weighted by Gasteiger charge is 2.28. The van der Waals surface area contributed by atoms with Crippen LogP contribution in [-0.2, 0) is 17.6 Å². The number of pyridine rings is 1. The number of aliphatic carboxylic acids is 1. The molecule has 1 fully saturated rings. The molecule has 29 heavy (non-hydrogen) atoms. The van der Waals surface area contributed by atoms with Gasteiger partial charge in [0, 0.05) is 30.4 Å². The van der Waals surface area contributed by atoms with Crippen molar-refractivity contribution in [2.24, 2.45) is 0 Å². The minimum atomic E-state index is -0.991. The van der Waals surface area contributed by atoms with Crippen LogP contribution in [0.25, 0.3) is 5.52 Å². The van der Waals surface area contributed by atoms with E-state index in [-0.39, 0.29) is 11.9 Å². The molecule has 0 spiro atoms. The molecule has 0 unspecified atom stereocenters. The molecule has 4 rings (SSSR count). The normalized spacial score (nSPS) is 17.5. The zero-order valence-corrected chi connectivity index (χ0v) is 16.2. The minimum absolute atomic E-state index is 0.0838. The van der Waals surface area contributed by atoms with Crippen LogP contribution in [0.5, 0.6) is 0 Å². The summed E-state index contributed by atoms with van der Waals surface area (Å²) < 4.78 is 16.7. The maximum absolute atomic E-state index is 14.8. The van der Waals surface area contributed by atoms with Gasteiger partial charge in [0.2, 0.25) is 0 Å². The Labute approximate surface area is 169 Å². The summed E-state index contributed by atoms with van der Waals surface area (Å²) in [5.41, 5.74) is 3.83. The zero-order chi connectivity index (χ0) is 20.2. The van der Waals surface area contributed by atoms with Gasteiger partial charge in [-0.15, -0.1) is 0 Å². The van der Waals surface area contributed by atoms with Gasteiger partial charge in [-0.3, -0.25) is 4.90 Å². The first-order valence-corrected chi connectivity index (χ1v) is 9.95. The predicted octanol–water partition coefficient (Wildman–Crippen LogP) is 4.04. The van der Waals surface area contributed by atoms with E-state index in [9.17, 15) is 9.18 Å². The number of carboxylic acids is 1. The van der Waals surface area contributed by atoms with E-state index in [4.69, 9.17) is 5.11 Å². The number of allylic oxidation sites excluding steroid dienone is 1. The summed E-state index contributed by atoms with van der Waals surface area (Å²) in [5, 5.41) is 13.1. The van der Waals surface area contributed by atoms with Crippen LogP contribution in [0.15, 0.2) is 60.9 Å². The Morgan fingerprint density at radius 2 is 2.21 bits per heavy atom. The molecule has 0 saturated carbocycles. The van der Waals surface area contributed by atoms with Gasteiger partial charge in [0.15, 0.2) is 0 Å². The predicted molar refractivity (Wildman–Crippen MR) is 109 cm³/mol. The minimum Gasteiger partial charge on any atom is -0.478 e. The molecule has 6 heteroatoms. The number of likely N-dealkylation sites (tertiary alicyclic amines) is 1. The molecular formula is C23H24FN3O2. The van der Waals surface area contributed by atoms with Gasteiger partial charge in [0.25, 0.3) is 0 Å². The van der Waals surface area contributed by atoms with Crippen LogP contribution in [0, 0.1) is 5.82 Å². The van der Waals surface area contributed by atoms with Crippen molar-refractivity contribution >= 4 is 11.5 Å². The van der Waals surface area contributed by atoms with Crippen molar-refractivity contribution in [1.29, 1.82) is 0 Å². The van der Waals surface area contributed by atoms with Crippen LogP contribution in [0.3, 0.4) is 0 Å². The number of nitrogens with zero attached hydrogens (tertiary/aromatic N) is 3. The Hall–Kier alpha value is -2.99. The summed E-state index contributed by atoms with van der Waals surface area (Å²) in [4.78, 5) is 12.9. The maximum atomic E-state index is 14.8. The van der Waals surface area contributed by atoms with Crippen molar-refractivity contribution in [1.82, 2.24) is 14.5 Å². The van der Waals surface area contributed by atoms with E-state index in [1.54, 1.807) is 0 Å². The zero-order valence-electron chi connectivity index (χ0n) is 16.2. The SMILES string of the molecule is O=C(O)/C=C/Cc1ccc([C@@H]2CCCN2CCc2cnn3ccccc23)c(F)c1. The summed E-state index contributed by atoms with van der Waals surface area (Å²) in [6.07, 6.45) is 9.78. The quantitative estimate of drug-likeness (QED) is 0.616. The standard InChI is InChI=1S/C23H24FN3O2/c24-20-15-17(5-3-8-23(28)29)9-10-19(20)22-7-4-12-26(22)14-11-18-16-25-27-13-2-1-6-21(18)27/h1-3,6,8-10,13,15-16,22H,4-5,7,11-12,14H2,(H,28,29)/b8-3+/t22-/m0/s1. The number of hydrogen-bond donors (Lipinski definition) is 1. The second-order valence-corrected chi connectivity index (χ2v) is 7.44. The monoisotopic (exact) mass is 393 g/mol. The fraction of sp³-hybridized carbons (Fsp3) is 0.304. The van der Waals surface area contributed by atoms with Crippen molar-refractivity contribution in [2.75, 3.05) is 13.1 Å². The molecule has 5 nitrogen and oxygen atoms in total. The molecule has 1 N–H and O–H groups in total. The topological polar surface area (TPSA) is 57.8 Å².